The van der Waals surface area contributed by atoms with Gasteiger partial charge in [0.15, 0.2) is 5.57 Å². The molecular weight excluding hydrogens is 326 g/mol. The minimum atomic E-state index is -0.302. The summed E-state index contributed by atoms with van der Waals surface area (Å²) in [6, 6.07) is 17.3. The van der Waals surface area contributed by atoms with Crippen molar-refractivity contribution < 1.29 is 4.79 Å². The summed E-state index contributed by atoms with van der Waals surface area (Å²) in [6.07, 6.45) is 0. The standard InChI is InChI=1S/C20H15N5O/c1-13-7-14(2)9-18(8-13)25-20(26)15-3-5-17(6-4-15)24-19(12-23)16(10-21)11-22/h3-9,24H,1-2H3,(H,25,26). The Morgan fingerprint density at radius 2 is 1.38 bits per heavy atom. The van der Waals surface area contributed by atoms with Crippen LogP contribution < -0.4 is 10.6 Å². The number of anilines is 2. The number of allylic oxidation sites excluding steroid dienone is 2. The summed E-state index contributed by atoms with van der Waals surface area (Å²) in [5.74, 6) is -0.257. The first-order chi connectivity index (χ1) is 12.5. The lowest BCUT2D eigenvalue weighted by Gasteiger charge is -2.09. The van der Waals surface area contributed by atoms with Gasteiger partial charge in [0.05, 0.1) is 0 Å². The van der Waals surface area contributed by atoms with Gasteiger partial charge in [0.1, 0.15) is 23.9 Å². The molecule has 2 aromatic carbocycles. The molecule has 0 spiro atoms. The van der Waals surface area contributed by atoms with E-state index in [0.717, 1.165) is 16.8 Å². The number of carbonyl (C=O) groups is 1. The van der Waals surface area contributed by atoms with Crippen LogP contribution in [0.1, 0.15) is 21.5 Å². The lowest BCUT2D eigenvalue weighted by atomic mass is 10.1. The highest BCUT2D eigenvalue weighted by Gasteiger charge is 2.09. The Labute approximate surface area is 151 Å². The van der Waals surface area contributed by atoms with Gasteiger partial charge in [-0.25, -0.2) is 0 Å². The minimum Gasteiger partial charge on any atom is -0.345 e. The van der Waals surface area contributed by atoms with Gasteiger partial charge >= 0.3 is 0 Å². The van der Waals surface area contributed by atoms with Crippen LogP contribution in [0.15, 0.2) is 53.7 Å². The van der Waals surface area contributed by atoms with Crippen LogP contribution in [0.25, 0.3) is 0 Å². The molecule has 2 rings (SSSR count). The Morgan fingerprint density at radius 1 is 0.808 bits per heavy atom. The average molecular weight is 341 g/mol. The average Bonchev–Trinajstić information content (AvgIpc) is 2.61. The third-order valence-corrected chi connectivity index (χ3v) is 3.48. The number of aryl methyl sites for hydroxylation is 2. The van der Waals surface area contributed by atoms with Gasteiger partial charge in [0.2, 0.25) is 0 Å². The molecule has 0 aliphatic rings. The van der Waals surface area contributed by atoms with E-state index in [4.69, 9.17) is 15.8 Å². The van der Waals surface area contributed by atoms with E-state index >= 15 is 0 Å². The summed E-state index contributed by atoms with van der Waals surface area (Å²) in [4.78, 5) is 12.3. The van der Waals surface area contributed by atoms with Crippen molar-refractivity contribution >= 4 is 17.3 Å². The van der Waals surface area contributed by atoms with E-state index < -0.39 is 0 Å². The van der Waals surface area contributed by atoms with Crippen LogP contribution in [0.4, 0.5) is 11.4 Å². The highest BCUT2D eigenvalue weighted by Crippen LogP contribution is 2.17. The Hall–Kier alpha value is -4.08. The van der Waals surface area contributed by atoms with Gasteiger partial charge < -0.3 is 10.6 Å². The molecule has 2 N–H and O–H groups in total. The molecule has 0 saturated heterocycles. The molecule has 126 valence electrons. The molecule has 6 nitrogen and oxygen atoms in total. The number of nitriles is 3. The van der Waals surface area contributed by atoms with Gasteiger partial charge in [-0.3, -0.25) is 4.79 Å². The molecule has 26 heavy (non-hydrogen) atoms. The highest BCUT2D eigenvalue weighted by molar-refractivity contribution is 6.04. The van der Waals surface area contributed by atoms with Crippen molar-refractivity contribution in [3.05, 3.63) is 70.4 Å². The van der Waals surface area contributed by atoms with Crippen molar-refractivity contribution in [3.63, 3.8) is 0 Å². The van der Waals surface area contributed by atoms with Crippen LogP contribution in [0, 0.1) is 47.8 Å². The summed E-state index contributed by atoms with van der Waals surface area (Å²) in [5.41, 5.74) is 3.33. The highest BCUT2D eigenvalue weighted by atomic mass is 16.1. The third-order valence-electron chi connectivity index (χ3n) is 3.48. The van der Waals surface area contributed by atoms with E-state index in [-0.39, 0.29) is 17.2 Å². The maximum Gasteiger partial charge on any atom is 0.255 e. The summed E-state index contributed by atoms with van der Waals surface area (Å²) in [6.45, 7) is 3.92. The molecule has 0 bridgehead atoms. The van der Waals surface area contributed by atoms with Crippen LogP contribution >= 0.6 is 0 Å². The number of hydrogen-bond donors (Lipinski definition) is 2. The zero-order valence-electron chi connectivity index (χ0n) is 14.3. The van der Waals surface area contributed by atoms with Gasteiger partial charge in [-0.1, -0.05) is 6.07 Å². The predicted octanol–water partition coefficient (Wildman–Crippen LogP) is 3.79. The topological polar surface area (TPSA) is 112 Å². The zero-order chi connectivity index (χ0) is 19.1. The second kappa shape index (κ2) is 8.15. The number of benzene rings is 2. The summed E-state index contributed by atoms with van der Waals surface area (Å²) in [7, 11) is 0. The van der Waals surface area contributed by atoms with E-state index in [9.17, 15) is 4.79 Å². The number of rotatable bonds is 4. The Balaban J connectivity index is 2.15. The van der Waals surface area contributed by atoms with E-state index in [1.54, 1.807) is 42.5 Å². The molecule has 0 aliphatic carbocycles. The van der Waals surface area contributed by atoms with E-state index in [1.165, 1.54) is 0 Å². The Morgan fingerprint density at radius 3 is 1.88 bits per heavy atom. The smallest absolute Gasteiger partial charge is 0.255 e. The lowest BCUT2D eigenvalue weighted by Crippen LogP contribution is -2.12. The van der Waals surface area contributed by atoms with Crippen LogP contribution in [0.3, 0.4) is 0 Å². The number of hydrogen-bond acceptors (Lipinski definition) is 5. The molecule has 0 unspecified atom stereocenters. The van der Waals surface area contributed by atoms with Crippen molar-refractivity contribution in [2.24, 2.45) is 0 Å². The van der Waals surface area contributed by atoms with Crippen molar-refractivity contribution in [1.82, 2.24) is 0 Å². The fraction of sp³-hybridized carbons (Fsp3) is 0.100. The van der Waals surface area contributed by atoms with Crippen LogP contribution in [0.2, 0.25) is 0 Å². The minimum absolute atomic E-state index is 0.137. The molecule has 0 atom stereocenters. The first-order valence-electron chi connectivity index (χ1n) is 7.68. The molecular formula is C20H15N5O. The largest absolute Gasteiger partial charge is 0.345 e. The number of carbonyl (C=O) groups excluding carboxylic acids is 1. The lowest BCUT2D eigenvalue weighted by molar-refractivity contribution is 0.102. The number of nitrogens with zero attached hydrogens (tertiary/aromatic N) is 3. The maximum absolute atomic E-state index is 12.3. The first kappa shape index (κ1) is 18.3. The fourth-order valence-corrected chi connectivity index (χ4v) is 2.38. The van der Waals surface area contributed by atoms with E-state index in [0.29, 0.717) is 11.3 Å². The van der Waals surface area contributed by atoms with Gasteiger partial charge in [-0.05, 0) is 61.4 Å². The summed E-state index contributed by atoms with van der Waals surface area (Å²) < 4.78 is 0. The van der Waals surface area contributed by atoms with E-state index in [2.05, 4.69) is 10.6 Å². The predicted molar refractivity (Wildman–Crippen MR) is 97.8 cm³/mol. The Bertz CT molecular complexity index is 962. The van der Waals surface area contributed by atoms with Gasteiger partial charge in [-0.15, -0.1) is 0 Å². The van der Waals surface area contributed by atoms with Crippen LogP contribution in [0.5, 0.6) is 0 Å². The second-order valence-electron chi connectivity index (χ2n) is 5.62. The molecule has 1 amide bonds. The third kappa shape index (κ3) is 4.47. The molecule has 2 aromatic rings. The van der Waals surface area contributed by atoms with Crippen molar-refractivity contribution in [2.75, 3.05) is 10.6 Å². The fourth-order valence-electron chi connectivity index (χ4n) is 2.38. The van der Waals surface area contributed by atoms with Crippen LogP contribution in [-0.2, 0) is 0 Å². The maximum atomic E-state index is 12.3. The van der Waals surface area contributed by atoms with Gasteiger partial charge in [-0.2, -0.15) is 15.8 Å². The van der Waals surface area contributed by atoms with Crippen LogP contribution in [-0.4, -0.2) is 5.91 Å². The molecule has 0 aliphatic heterocycles. The van der Waals surface area contributed by atoms with Gasteiger partial charge in [0.25, 0.3) is 5.91 Å². The molecule has 0 fully saturated rings. The number of nitrogens with one attached hydrogen (secondary N) is 2. The Kier molecular flexibility index (Phi) is 5.72. The zero-order valence-corrected chi connectivity index (χ0v) is 14.3. The molecule has 0 heterocycles. The SMILES string of the molecule is Cc1cc(C)cc(NC(=O)c2ccc(NC(C#N)=C(C#N)C#N)cc2)c1. The van der Waals surface area contributed by atoms with Gasteiger partial charge in [0, 0.05) is 16.9 Å². The molecule has 0 radical (unpaired) electrons. The number of amides is 1. The van der Waals surface area contributed by atoms with E-state index in [1.807, 2.05) is 32.0 Å². The monoisotopic (exact) mass is 341 g/mol. The normalized spacial score (nSPS) is 9.19. The second-order valence-corrected chi connectivity index (χ2v) is 5.62. The van der Waals surface area contributed by atoms with Crippen molar-refractivity contribution in [3.8, 4) is 18.2 Å². The molecule has 0 aromatic heterocycles. The molecule has 6 heteroatoms. The van der Waals surface area contributed by atoms with Crippen molar-refractivity contribution in [2.45, 2.75) is 13.8 Å². The quantitative estimate of drug-likeness (QED) is 0.821. The molecule has 0 saturated carbocycles. The summed E-state index contributed by atoms with van der Waals surface area (Å²) in [5, 5.41) is 32.2. The first-order valence-corrected chi connectivity index (χ1v) is 7.68. The van der Waals surface area contributed by atoms with Crippen molar-refractivity contribution in [1.29, 1.82) is 15.8 Å². The summed E-state index contributed by atoms with van der Waals surface area (Å²) >= 11 is 0.